The molecular formula is C16H12FNO4. The first kappa shape index (κ1) is 15.3. The van der Waals surface area contributed by atoms with Gasteiger partial charge < -0.3 is 14.2 Å². The van der Waals surface area contributed by atoms with Gasteiger partial charge in [-0.2, -0.15) is 5.26 Å². The average molecular weight is 301 g/mol. The third-order valence-corrected chi connectivity index (χ3v) is 2.71. The van der Waals surface area contributed by atoms with Crippen molar-refractivity contribution in [1.82, 2.24) is 0 Å². The standard InChI is InChI=1S/C16H12FNO4/c1-20-14-4-2-3-5-15(14)21-10-16(19)22-12-7-6-11(9-18)13(17)8-12/h2-8H,10H2,1H3. The molecule has 0 aliphatic rings. The van der Waals surface area contributed by atoms with Crippen molar-refractivity contribution in [3.8, 4) is 23.3 Å². The number of hydrogen-bond donors (Lipinski definition) is 0. The summed E-state index contributed by atoms with van der Waals surface area (Å²) < 4.78 is 28.7. The van der Waals surface area contributed by atoms with E-state index in [9.17, 15) is 9.18 Å². The smallest absolute Gasteiger partial charge is 0.349 e. The van der Waals surface area contributed by atoms with Crippen molar-refractivity contribution in [2.75, 3.05) is 13.7 Å². The van der Waals surface area contributed by atoms with Crippen LogP contribution >= 0.6 is 0 Å². The maximum Gasteiger partial charge on any atom is 0.349 e. The number of rotatable bonds is 5. The van der Waals surface area contributed by atoms with E-state index in [1.165, 1.54) is 19.2 Å². The lowest BCUT2D eigenvalue weighted by atomic mass is 10.2. The number of para-hydroxylation sites is 2. The lowest BCUT2D eigenvalue weighted by Gasteiger charge is -2.10. The van der Waals surface area contributed by atoms with E-state index in [-0.39, 0.29) is 17.9 Å². The van der Waals surface area contributed by atoms with E-state index in [4.69, 9.17) is 19.5 Å². The predicted molar refractivity (Wildman–Crippen MR) is 75.2 cm³/mol. The van der Waals surface area contributed by atoms with Gasteiger partial charge in [-0.1, -0.05) is 12.1 Å². The molecule has 0 aromatic heterocycles. The van der Waals surface area contributed by atoms with Crippen LogP contribution in [0.1, 0.15) is 5.56 Å². The molecule has 6 heteroatoms. The molecule has 2 aromatic rings. The normalized spacial score (nSPS) is 9.68. The molecule has 0 radical (unpaired) electrons. The van der Waals surface area contributed by atoms with E-state index >= 15 is 0 Å². The molecule has 0 fully saturated rings. The Labute approximate surface area is 126 Å². The van der Waals surface area contributed by atoms with Gasteiger partial charge in [-0.15, -0.1) is 0 Å². The number of methoxy groups -OCH3 is 1. The maximum absolute atomic E-state index is 13.4. The molecule has 0 aliphatic heterocycles. The molecule has 112 valence electrons. The topological polar surface area (TPSA) is 68.6 Å². The fourth-order valence-electron chi connectivity index (χ4n) is 1.69. The maximum atomic E-state index is 13.4. The highest BCUT2D eigenvalue weighted by Gasteiger charge is 2.10. The Balaban J connectivity index is 1.96. The number of nitriles is 1. The molecule has 0 N–H and O–H groups in total. The minimum Gasteiger partial charge on any atom is -0.493 e. The summed E-state index contributed by atoms with van der Waals surface area (Å²) in [6.45, 7) is -0.359. The van der Waals surface area contributed by atoms with Crippen LogP contribution in [0.15, 0.2) is 42.5 Å². The summed E-state index contributed by atoms with van der Waals surface area (Å²) in [5, 5.41) is 8.62. The average Bonchev–Trinajstić information content (AvgIpc) is 2.53. The summed E-state index contributed by atoms with van der Waals surface area (Å²) in [6, 6.07) is 12.1. The van der Waals surface area contributed by atoms with Crippen molar-refractivity contribution in [3.05, 3.63) is 53.8 Å². The summed E-state index contributed by atoms with van der Waals surface area (Å²) in [5.41, 5.74) is -0.120. The second-order valence-corrected chi connectivity index (χ2v) is 4.17. The molecule has 0 bridgehead atoms. The Morgan fingerprint density at radius 3 is 2.59 bits per heavy atom. The van der Waals surface area contributed by atoms with Crippen LogP contribution < -0.4 is 14.2 Å². The molecule has 2 aromatic carbocycles. The van der Waals surface area contributed by atoms with Crippen LogP contribution in [0.2, 0.25) is 0 Å². The first-order chi connectivity index (χ1) is 10.6. The Morgan fingerprint density at radius 1 is 1.23 bits per heavy atom. The number of halogens is 1. The number of benzene rings is 2. The SMILES string of the molecule is COc1ccccc1OCC(=O)Oc1ccc(C#N)c(F)c1. The zero-order valence-corrected chi connectivity index (χ0v) is 11.7. The largest absolute Gasteiger partial charge is 0.493 e. The molecule has 0 aliphatic carbocycles. The Hall–Kier alpha value is -3.07. The molecule has 0 heterocycles. The number of carbonyl (C=O) groups excluding carboxylic acids is 1. The van der Waals surface area contributed by atoms with Crippen molar-refractivity contribution in [2.24, 2.45) is 0 Å². The minimum absolute atomic E-state index is 0.00475. The van der Waals surface area contributed by atoms with Crippen LogP contribution in [0, 0.1) is 17.1 Å². The van der Waals surface area contributed by atoms with Gasteiger partial charge in [0, 0.05) is 6.07 Å². The highest BCUT2D eigenvalue weighted by atomic mass is 19.1. The summed E-state index contributed by atoms with van der Waals surface area (Å²) in [4.78, 5) is 11.7. The molecule has 2 rings (SSSR count). The van der Waals surface area contributed by atoms with Gasteiger partial charge in [0.05, 0.1) is 12.7 Å². The van der Waals surface area contributed by atoms with Crippen LogP contribution in [-0.2, 0) is 4.79 Å². The van der Waals surface area contributed by atoms with Crippen LogP contribution in [0.5, 0.6) is 17.2 Å². The van der Waals surface area contributed by atoms with E-state index in [2.05, 4.69) is 0 Å². The summed E-state index contributed by atoms with van der Waals surface area (Å²) in [5.74, 6) is -0.564. The number of esters is 1. The lowest BCUT2D eigenvalue weighted by molar-refractivity contribution is -0.136. The summed E-state index contributed by atoms with van der Waals surface area (Å²) in [6.07, 6.45) is 0. The quantitative estimate of drug-likeness (QED) is 0.627. The molecule has 0 spiro atoms. The van der Waals surface area contributed by atoms with Gasteiger partial charge >= 0.3 is 5.97 Å². The first-order valence-electron chi connectivity index (χ1n) is 6.30. The molecule has 22 heavy (non-hydrogen) atoms. The number of nitrogens with zero attached hydrogens (tertiary/aromatic N) is 1. The fraction of sp³-hybridized carbons (Fsp3) is 0.125. The van der Waals surface area contributed by atoms with Gasteiger partial charge in [0.25, 0.3) is 0 Å². The molecule has 0 atom stereocenters. The summed E-state index contributed by atoms with van der Waals surface area (Å²) in [7, 11) is 1.49. The van der Waals surface area contributed by atoms with Gasteiger partial charge in [0.2, 0.25) is 0 Å². The van der Waals surface area contributed by atoms with Crippen LogP contribution in [0.3, 0.4) is 0 Å². The highest BCUT2D eigenvalue weighted by molar-refractivity contribution is 5.74. The van der Waals surface area contributed by atoms with E-state index in [1.54, 1.807) is 30.3 Å². The van der Waals surface area contributed by atoms with Crippen LogP contribution in [0.4, 0.5) is 4.39 Å². The van der Waals surface area contributed by atoms with E-state index in [0.717, 1.165) is 6.07 Å². The second-order valence-electron chi connectivity index (χ2n) is 4.17. The van der Waals surface area contributed by atoms with E-state index in [1.807, 2.05) is 0 Å². The monoisotopic (exact) mass is 301 g/mol. The zero-order valence-electron chi connectivity index (χ0n) is 11.7. The van der Waals surface area contributed by atoms with Gasteiger partial charge in [0.1, 0.15) is 17.6 Å². The third kappa shape index (κ3) is 3.73. The third-order valence-electron chi connectivity index (χ3n) is 2.71. The molecular weight excluding hydrogens is 289 g/mol. The van der Waals surface area contributed by atoms with Crippen LogP contribution in [0.25, 0.3) is 0 Å². The molecule has 0 unspecified atom stereocenters. The number of carbonyl (C=O) groups is 1. The van der Waals surface area contributed by atoms with Gasteiger partial charge in [-0.25, -0.2) is 9.18 Å². The fourth-order valence-corrected chi connectivity index (χ4v) is 1.69. The first-order valence-corrected chi connectivity index (χ1v) is 6.30. The van der Waals surface area contributed by atoms with E-state index < -0.39 is 11.8 Å². The van der Waals surface area contributed by atoms with Crippen LogP contribution in [-0.4, -0.2) is 19.7 Å². The van der Waals surface area contributed by atoms with Crippen molar-refractivity contribution in [2.45, 2.75) is 0 Å². The minimum atomic E-state index is -0.751. The zero-order chi connectivity index (χ0) is 15.9. The number of hydrogen-bond acceptors (Lipinski definition) is 5. The van der Waals surface area contributed by atoms with Gasteiger partial charge in [0.15, 0.2) is 18.1 Å². The molecule has 0 amide bonds. The van der Waals surface area contributed by atoms with Crippen molar-refractivity contribution in [3.63, 3.8) is 0 Å². The van der Waals surface area contributed by atoms with Crippen molar-refractivity contribution < 1.29 is 23.4 Å². The predicted octanol–water partition coefficient (Wildman–Crippen LogP) is 2.69. The lowest BCUT2D eigenvalue weighted by Crippen LogP contribution is -2.18. The molecule has 0 saturated heterocycles. The van der Waals surface area contributed by atoms with E-state index in [0.29, 0.717) is 11.5 Å². The molecule has 5 nitrogen and oxygen atoms in total. The van der Waals surface area contributed by atoms with Gasteiger partial charge in [-0.05, 0) is 24.3 Å². The number of ether oxygens (including phenoxy) is 3. The molecule has 0 saturated carbocycles. The Bertz CT molecular complexity index is 724. The van der Waals surface area contributed by atoms with Crippen molar-refractivity contribution >= 4 is 5.97 Å². The Kier molecular flexibility index (Phi) is 4.94. The Morgan fingerprint density at radius 2 is 1.95 bits per heavy atom. The van der Waals surface area contributed by atoms with Gasteiger partial charge in [-0.3, -0.25) is 0 Å². The second kappa shape index (κ2) is 7.09. The summed E-state index contributed by atoms with van der Waals surface area (Å²) >= 11 is 0. The highest BCUT2D eigenvalue weighted by Crippen LogP contribution is 2.25. The van der Waals surface area contributed by atoms with Crippen molar-refractivity contribution in [1.29, 1.82) is 5.26 Å².